The fourth-order valence-electron chi connectivity index (χ4n) is 5.85. The van der Waals surface area contributed by atoms with E-state index in [0.29, 0.717) is 42.2 Å². The van der Waals surface area contributed by atoms with Crippen molar-refractivity contribution in [3.05, 3.63) is 84.1 Å². The van der Waals surface area contributed by atoms with Gasteiger partial charge in [0.2, 0.25) is 0 Å². The summed E-state index contributed by atoms with van der Waals surface area (Å²) >= 11 is 0. The van der Waals surface area contributed by atoms with E-state index >= 15 is 0 Å². The monoisotopic (exact) mass is 552 g/mol. The number of carbonyl (C=O) groups is 2. The van der Waals surface area contributed by atoms with Crippen molar-refractivity contribution in [2.75, 3.05) is 32.8 Å². The van der Waals surface area contributed by atoms with Gasteiger partial charge in [-0.1, -0.05) is 6.07 Å². The zero-order valence-electron chi connectivity index (χ0n) is 23.3. The number of nitrogens with zero attached hydrogens (tertiary/aromatic N) is 6. The minimum Gasteiger partial charge on any atom is -0.494 e. The predicted octanol–water partition coefficient (Wildman–Crippen LogP) is 4.94. The lowest BCUT2D eigenvalue weighted by molar-refractivity contribution is 0.0684. The largest absolute Gasteiger partial charge is 0.494 e. The van der Waals surface area contributed by atoms with Gasteiger partial charge in [-0.3, -0.25) is 19.3 Å². The van der Waals surface area contributed by atoms with Gasteiger partial charge in [0.05, 0.1) is 23.7 Å². The number of fused-ring (bicyclic) bond motifs is 1. The van der Waals surface area contributed by atoms with Gasteiger partial charge in [0.1, 0.15) is 11.4 Å². The molecule has 0 atom stereocenters. The number of aromatic nitrogens is 4. The number of ether oxygens (including phenoxy) is 1. The Labute approximate surface area is 240 Å². The van der Waals surface area contributed by atoms with Crippen LogP contribution in [0.2, 0.25) is 0 Å². The maximum absolute atomic E-state index is 13.8. The Bertz CT molecular complexity index is 1480. The van der Waals surface area contributed by atoms with Crippen LogP contribution in [0.5, 0.6) is 5.75 Å². The van der Waals surface area contributed by atoms with Crippen LogP contribution < -0.4 is 4.74 Å². The van der Waals surface area contributed by atoms with E-state index in [1.165, 1.54) is 5.56 Å². The third-order valence-electron chi connectivity index (χ3n) is 8.12. The van der Waals surface area contributed by atoms with Crippen LogP contribution in [0.1, 0.15) is 71.0 Å². The molecule has 0 N–H and O–H groups in total. The lowest BCUT2D eigenvalue weighted by atomic mass is 10.0. The molecular weight excluding hydrogens is 516 g/mol. The van der Waals surface area contributed by atoms with E-state index in [4.69, 9.17) is 9.72 Å². The van der Waals surface area contributed by atoms with E-state index < -0.39 is 0 Å². The molecule has 6 rings (SSSR count). The summed E-state index contributed by atoms with van der Waals surface area (Å²) in [5, 5.41) is 5.09. The highest BCUT2D eigenvalue weighted by Crippen LogP contribution is 2.28. The van der Waals surface area contributed by atoms with Crippen molar-refractivity contribution in [1.29, 1.82) is 0 Å². The van der Waals surface area contributed by atoms with Gasteiger partial charge in [-0.2, -0.15) is 5.10 Å². The van der Waals surface area contributed by atoms with E-state index in [9.17, 15) is 9.59 Å². The lowest BCUT2D eigenvalue weighted by Crippen LogP contribution is -2.40. The molecule has 4 aromatic rings. The van der Waals surface area contributed by atoms with Crippen molar-refractivity contribution in [1.82, 2.24) is 29.5 Å². The van der Waals surface area contributed by atoms with E-state index in [2.05, 4.69) is 16.1 Å². The van der Waals surface area contributed by atoms with Gasteiger partial charge in [-0.25, -0.2) is 4.98 Å². The number of hydrogen-bond donors (Lipinski definition) is 0. The minimum absolute atomic E-state index is 0.0442. The van der Waals surface area contributed by atoms with Gasteiger partial charge in [-0.05, 0) is 86.9 Å². The average Bonchev–Trinajstić information content (AvgIpc) is 3.58. The van der Waals surface area contributed by atoms with Crippen molar-refractivity contribution < 1.29 is 14.3 Å². The molecule has 0 aliphatic carbocycles. The maximum atomic E-state index is 13.8. The first-order chi connectivity index (χ1) is 20.2. The Morgan fingerprint density at radius 1 is 0.902 bits per heavy atom. The average molecular weight is 553 g/mol. The molecule has 1 aromatic carbocycles. The maximum Gasteiger partial charge on any atom is 0.272 e. The second-order valence-electron chi connectivity index (χ2n) is 10.9. The number of aryl methyl sites for hydroxylation is 1. The van der Waals surface area contributed by atoms with E-state index in [-0.39, 0.29) is 17.9 Å². The van der Waals surface area contributed by atoms with Gasteiger partial charge in [0.15, 0.2) is 0 Å². The van der Waals surface area contributed by atoms with E-state index in [1.807, 2.05) is 57.2 Å². The normalized spacial score (nSPS) is 16.2. The summed E-state index contributed by atoms with van der Waals surface area (Å²) in [4.78, 5) is 40.1. The highest BCUT2D eigenvalue weighted by atomic mass is 16.5. The quantitative estimate of drug-likeness (QED) is 0.288. The molecule has 9 nitrogen and oxygen atoms in total. The molecule has 2 aliphatic heterocycles. The summed E-state index contributed by atoms with van der Waals surface area (Å²) in [6, 6.07) is 13.6. The second-order valence-corrected chi connectivity index (χ2v) is 10.9. The van der Waals surface area contributed by atoms with Gasteiger partial charge in [0, 0.05) is 56.4 Å². The number of carbonyl (C=O) groups excluding carboxylic acids is 2. The van der Waals surface area contributed by atoms with Crippen molar-refractivity contribution in [3.63, 3.8) is 0 Å². The molecule has 0 unspecified atom stereocenters. The molecule has 0 spiro atoms. The molecule has 2 amide bonds. The molecule has 0 bridgehead atoms. The van der Waals surface area contributed by atoms with Gasteiger partial charge in [0.25, 0.3) is 11.8 Å². The van der Waals surface area contributed by atoms with Gasteiger partial charge in [-0.15, -0.1) is 0 Å². The molecule has 3 aromatic heterocycles. The standard InChI is InChI=1S/C32H36N6O3/c39-31(36-15-2-1-3-16-36)28-22-30(32(40)37-18-11-25(12-19-37)38-17-6-14-34-38)35-29-10-9-26(21-27(28)29)41-20-5-8-24-7-4-13-33-23-24/h4,6-7,9-10,13-14,17,21-23,25H,1-3,5,8,11-12,15-16,18-20H2. The molecule has 212 valence electrons. The fourth-order valence-corrected chi connectivity index (χ4v) is 5.85. The fraction of sp³-hybridized carbons (Fsp3) is 0.406. The van der Waals surface area contributed by atoms with Crippen LogP contribution in [0, 0.1) is 0 Å². The van der Waals surface area contributed by atoms with Crippen LogP contribution in [0.15, 0.2) is 67.3 Å². The van der Waals surface area contributed by atoms with Crippen LogP contribution >= 0.6 is 0 Å². The summed E-state index contributed by atoms with van der Waals surface area (Å²) in [6.45, 7) is 3.28. The number of benzene rings is 1. The third-order valence-corrected chi connectivity index (χ3v) is 8.12. The third kappa shape index (κ3) is 6.24. The molecule has 0 saturated carbocycles. The Balaban J connectivity index is 1.22. The van der Waals surface area contributed by atoms with Crippen LogP contribution in [0.25, 0.3) is 10.9 Å². The molecule has 0 radical (unpaired) electrons. The van der Waals surface area contributed by atoms with Crippen LogP contribution in [-0.4, -0.2) is 74.1 Å². The van der Waals surface area contributed by atoms with Crippen LogP contribution in [-0.2, 0) is 6.42 Å². The Hall–Kier alpha value is -4.27. The summed E-state index contributed by atoms with van der Waals surface area (Å²) in [7, 11) is 0. The smallest absolute Gasteiger partial charge is 0.272 e. The van der Waals surface area contributed by atoms with Crippen molar-refractivity contribution in [2.45, 2.75) is 51.0 Å². The molecule has 2 saturated heterocycles. The Morgan fingerprint density at radius 3 is 2.49 bits per heavy atom. The predicted molar refractivity (Wildman–Crippen MR) is 156 cm³/mol. The topological polar surface area (TPSA) is 93.5 Å². The summed E-state index contributed by atoms with van der Waals surface area (Å²) in [5.41, 5.74) is 2.65. The number of rotatable bonds is 8. The molecule has 5 heterocycles. The zero-order valence-corrected chi connectivity index (χ0v) is 23.3. The summed E-state index contributed by atoms with van der Waals surface area (Å²) in [6.07, 6.45) is 13.9. The first kappa shape index (κ1) is 26.9. The van der Waals surface area contributed by atoms with Crippen molar-refractivity contribution in [3.8, 4) is 5.75 Å². The molecule has 9 heteroatoms. The summed E-state index contributed by atoms with van der Waals surface area (Å²) in [5.74, 6) is 0.518. The second kappa shape index (κ2) is 12.5. The summed E-state index contributed by atoms with van der Waals surface area (Å²) < 4.78 is 8.05. The van der Waals surface area contributed by atoms with Gasteiger partial charge >= 0.3 is 0 Å². The van der Waals surface area contributed by atoms with Gasteiger partial charge < -0.3 is 14.5 Å². The van der Waals surface area contributed by atoms with Crippen LogP contribution in [0.4, 0.5) is 0 Å². The Morgan fingerprint density at radius 2 is 1.73 bits per heavy atom. The first-order valence-corrected chi connectivity index (χ1v) is 14.7. The number of pyridine rings is 2. The first-order valence-electron chi connectivity index (χ1n) is 14.7. The van der Waals surface area contributed by atoms with Crippen LogP contribution in [0.3, 0.4) is 0 Å². The number of likely N-dealkylation sites (tertiary alicyclic amines) is 2. The van der Waals surface area contributed by atoms with E-state index in [0.717, 1.165) is 63.4 Å². The highest BCUT2D eigenvalue weighted by Gasteiger charge is 2.28. The van der Waals surface area contributed by atoms with Crippen molar-refractivity contribution in [2.24, 2.45) is 0 Å². The molecular formula is C32H36N6O3. The molecule has 2 aliphatic rings. The zero-order chi connectivity index (χ0) is 28.0. The number of hydrogen-bond acceptors (Lipinski definition) is 6. The minimum atomic E-state index is -0.130. The van der Waals surface area contributed by atoms with E-state index in [1.54, 1.807) is 18.5 Å². The Kier molecular flexibility index (Phi) is 8.21. The number of amides is 2. The highest BCUT2D eigenvalue weighted by molar-refractivity contribution is 6.09. The van der Waals surface area contributed by atoms with Crippen molar-refractivity contribution >= 4 is 22.7 Å². The molecule has 41 heavy (non-hydrogen) atoms. The number of piperidine rings is 2. The SMILES string of the molecule is O=C(c1cc(C(=O)N2CCCCC2)c2cc(OCCCc3cccnc3)ccc2n1)N1CCC(n2cccn2)CC1. The molecule has 2 fully saturated rings. The lowest BCUT2D eigenvalue weighted by Gasteiger charge is -2.32.